The second-order valence-corrected chi connectivity index (χ2v) is 5.21. The number of hydrogen-bond acceptors (Lipinski definition) is 3. The molecule has 0 saturated heterocycles. The van der Waals surface area contributed by atoms with Crippen LogP contribution in [0.5, 0.6) is 0 Å². The van der Waals surface area contributed by atoms with Gasteiger partial charge in [0.1, 0.15) is 10.4 Å². The minimum atomic E-state index is 0.295. The molecule has 0 amide bonds. The van der Waals surface area contributed by atoms with Crippen LogP contribution in [0.25, 0.3) is 5.82 Å². The molecule has 17 heavy (non-hydrogen) atoms. The van der Waals surface area contributed by atoms with E-state index >= 15 is 0 Å². The predicted octanol–water partition coefficient (Wildman–Crippen LogP) is 3.17. The smallest absolute Gasteiger partial charge is 0.158 e. The quantitative estimate of drug-likeness (QED) is 0.799. The molecule has 2 rings (SSSR count). The first-order valence-corrected chi connectivity index (χ1v) is 6.35. The van der Waals surface area contributed by atoms with E-state index in [1.165, 1.54) is 0 Å². The summed E-state index contributed by atoms with van der Waals surface area (Å²) in [5, 5.41) is 4.43. The zero-order valence-corrected chi connectivity index (χ0v) is 12.0. The Labute approximate surface area is 109 Å². The van der Waals surface area contributed by atoms with Crippen LogP contribution in [0, 0.1) is 13.8 Å². The highest BCUT2D eigenvalue weighted by Crippen LogP contribution is 2.18. The molecule has 0 fully saturated rings. The SMILES string of the molecule is Cc1cc(C)n(-c2cc(Br)nc(C(C)C)n2)n1. The van der Waals surface area contributed by atoms with Crippen molar-refractivity contribution in [3.8, 4) is 5.82 Å². The fraction of sp³-hybridized carbons (Fsp3) is 0.417. The predicted molar refractivity (Wildman–Crippen MR) is 70.4 cm³/mol. The molecule has 0 aromatic carbocycles. The average Bonchev–Trinajstić information content (AvgIpc) is 2.57. The summed E-state index contributed by atoms with van der Waals surface area (Å²) in [6.45, 7) is 8.15. The molecule has 0 unspecified atom stereocenters. The molecule has 0 bridgehead atoms. The standard InChI is InChI=1S/C12H15BrN4/c1-7(2)12-14-10(13)6-11(15-12)17-9(4)5-8(3)16-17/h5-7H,1-4H3. The highest BCUT2D eigenvalue weighted by molar-refractivity contribution is 9.10. The van der Waals surface area contributed by atoms with Gasteiger partial charge < -0.3 is 0 Å². The van der Waals surface area contributed by atoms with Crippen molar-refractivity contribution in [2.24, 2.45) is 0 Å². The van der Waals surface area contributed by atoms with Gasteiger partial charge in [0.2, 0.25) is 0 Å². The minimum absolute atomic E-state index is 0.295. The van der Waals surface area contributed by atoms with Crippen molar-refractivity contribution in [2.75, 3.05) is 0 Å². The van der Waals surface area contributed by atoms with Gasteiger partial charge in [-0.25, -0.2) is 14.6 Å². The van der Waals surface area contributed by atoms with E-state index < -0.39 is 0 Å². The van der Waals surface area contributed by atoms with Crippen LogP contribution in [0.15, 0.2) is 16.7 Å². The van der Waals surface area contributed by atoms with Gasteiger partial charge in [-0.15, -0.1) is 0 Å². The molecule has 2 heterocycles. The molecule has 0 spiro atoms. The van der Waals surface area contributed by atoms with Crippen LogP contribution in [-0.4, -0.2) is 19.7 Å². The molecule has 90 valence electrons. The number of nitrogens with zero attached hydrogens (tertiary/aromatic N) is 4. The van der Waals surface area contributed by atoms with Gasteiger partial charge in [-0.1, -0.05) is 13.8 Å². The Balaban J connectivity index is 2.55. The summed E-state index contributed by atoms with van der Waals surface area (Å²) >= 11 is 3.42. The molecular formula is C12H15BrN4. The number of hydrogen-bond donors (Lipinski definition) is 0. The first-order valence-electron chi connectivity index (χ1n) is 5.55. The van der Waals surface area contributed by atoms with Crippen LogP contribution in [-0.2, 0) is 0 Å². The van der Waals surface area contributed by atoms with Gasteiger partial charge in [0.15, 0.2) is 5.82 Å². The van der Waals surface area contributed by atoms with E-state index in [1.807, 2.05) is 30.7 Å². The van der Waals surface area contributed by atoms with E-state index in [0.29, 0.717) is 5.92 Å². The van der Waals surface area contributed by atoms with Gasteiger partial charge in [-0.3, -0.25) is 0 Å². The molecule has 2 aromatic heterocycles. The zero-order valence-electron chi connectivity index (χ0n) is 10.4. The monoisotopic (exact) mass is 294 g/mol. The number of aryl methyl sites for hydroxylation is 2. The number of aromatic nitrogens is 4. The summed E-state index contributed by atoms with van der Waals surface area (Å²) in [5.41, 5.74) is 2.06. The Bertz CT molecular complexity index is 545. The van der Waals surface area contributed by atoms with Crippen LogP contribution in [0.1, 0.15) is 37.0 Å². The van der Waals surface area contributed by atoms with Crippen molar-refractivity contribution >= 4 is 15.9 Å². The third-order valence-corrected chi connectivity index (χ3v) is 2.85. The molecule has 0 saturated carbocycles. The van der Waals surface area contributed by atoms with Gasteiger partial charge in [0.05, 0.1) is 5.69 Å². The summed E-state index contributed by atoms with van der Waals surface area (Å²) in [5.74, 6) is 1.92. The molecule has 0 radical (unpaired) electrons. The summed E-state index contributed by atoms with van der Waals surface area (Å²) < 4.78 is 2.63. The Morgan fingerprint density at radius 1 is 1.18 bits per heavy atom. The van der Waals surface area contributed by atoms with Crippen molar-refractivity contribution < 1.29 is 0 Å². The normalized spacial score (nSPS) is 11.2. The Morgan fingerprint density at radius 2 is 1.88 bits per heavy atom. The first kappa shape index (κ1) is 12.2. The number of halogens is 1. The molecule has 0 N–H and O–H groups in total. The van der Waals surface area contributed by atoms with Crippen molar-refractivity contribution in [2.45, 2.75) is 33.6 Å². The largest absolute Gasteiger partial charge is 0.226 e. The van der Waals surface area contributed by atoms with Gasteiger partial charge in [0.25, 0.3) is 0 Å². The topological polar surface area (TPSA) is 43.6 Å². The molecular weight excluding hydrogens is 280 g/mol. The third-order valence-electron chi connectivity index (χ3n) is 2.44. The van der Waals surface area contributed by atoms with Crippen molar-refractivity contribution in [1.82, 2.24) is 19.7 Å². The third kappa shape index (κ3) is 2.54. The Hall–Kier alpha value is -1.23. The summed E-state index contributed by atoms with van der Waals surface area (Å²) in [7, 11) is 0. The second-order valence-electron chi connectivity index (χ2n) is 4.40. The van der Waals surface area contributed by atoms with E-state index in [9.17, 15) is 0 Å². The molecule has 2 aromatic rings. The van der Waals surface area contributed by atoms with Gasteiger partial charge >= 0.3 is 0 Å². The van der Waals surface area contributed by atoms with Gasteiger partial charge in [-0.2, -0.15) is 5.10 Å². The molecule has 4 nitrogen and oxygen atoms in total. The molecule has 5 heteroatoms. The van der Waals surface area contributed by atoms with Crippen LogP contribution >= 0.6 is 15.9 Å². The highest BCUT2D eigenvalue weighted by Gasteiger charge is 2.10. The zero-order chi connectivity index (χ0) is 12.6. The van der Waals surface area contributed by atoms with Crippen molar-refractivity contribution in [3.63, 3.8) is 0 Å². The maximum absolute atomic E-state index is 4.54. The molecule has 0 aliphatic heterocycles. The minimum Gasteiger partial charge on any atom is -0.226 e. The molecule has 0 aliphatic carbocycles. The lowest BCUT2D eigenvalue weighted by Gasteiger charge is -2.08. The van der Waals surface area contributed by atoms with Gasteiger partial charge in [-0.05, 0) is 35.8 Å². The van der Waals surface area contributed by atoms with Crippen LogP contribution in [0.2, 0.25) is 0 Å². The first-order chi connectivity index (χ1) is 7.97. The fourth-order valence-electron chi connectivity index (χ4n) is 1.65. The van der Waals surface area contributed by atoms with Gasteiger partial charge in [0, 0.05) is 17.7 Å². The van der Waals surface area contributed by atoms with Crippen molar-refractivity contribution in [1.29, 1.82) is 0 Å². The lowest BCUT2D eigenvalue weighted by molar-refractivity contribution is 0.731. The lowest BCUT2D eigenvalue weighted by Crippen LogP contribution is -2.07. The maximum atomic E-state index is 4.54. The molecule has 0 aliphatic rings. The maximum Gasteiger partial charge on any atom is 0.158 e. The fourth-order valence-corrected chi connectivity index (χ4v) is 2.04. The summed E-state index contributed by atoms with van der Waals surface area (Å²) in [6.07, 6.45) is 0. The van der Waals surface area contributed by atoms with E-state index in [2.05, 4.69) is 44.8 Å². The molecule has 0 atom stereocenters. The lowest BCUT2D eigenvalue weighted by atomic mass is 10.2. The van der Waals surface area contributed by atoms with E-state index in [-0.39, 0.29) is 0 Å². The van der Waals surface area contributed by atoms with E-state index in [0.717, 1.165) is 27.6 Å². The van der Waals surface area contributed by atoms with Crippen LogP contribution in [0.3, 0.4) is 0 Å². The summed E-state index contributed by atoms with van der Waals surface area (Å²) in [6, 6.07) is 3.91. The Kier molecular flexibility index (Phi) is 3.28. The summed E-state index contributed by atoms with van der Waals surface area (Å²) in [4.78, 5) is 8.90. The second kappa shape index (κ2) is 4.56. The van der Waals surface area contributed by atoms with Crippen LogP contribution < -0.4 is 0 Å². The Morgan fingerprint density at radius 3 is 2.41 bits per heavy atom. The van der Waals surface area contributed by atoms with Crippen molar-refractivity contribution in [3.05, 3.63) is 33.9 Å². The average molecular weight is 295 g/mol. The van der Waals surface area contributed by atoms with E-state index in [4.69, 9.17) is 0 Å². The number of rotatable bonds is 2. The van der Waals surface area contributed by atoms with Crippen LogP contribution in [0.4, 0.5) is 0 Å². The van der Waals surface area contributed by atoms with E-state index in [1.54, 1.807) is 0 Å². The highest BCUT2D eigenvalue weighted by atomic mass is 79.9.